The molecule has 0 saturated carbocycles. The van der Waals surface area contributed by atoms with Gasteiger partial charge in [0.05, 0.1) is 11.2 Å². The number of halogens is 1. The molecular formula is C27H38BClO2Si. The second kappa shape index (κ2) is 8.84. The monoisotopic (exact) mass is 468 g/mol. The summed E-state index contributed by atoms with van der Waals surface area (Å²) >= 11 is 6.53. The number of hydrogen-bond acceptors (Lipinski definition) is 2. The summed E-state index contributed by atoms with van der Waals surface area (Å²) in [6.45, 7) is 22.4. The summed E-state index contributed by atoms with van der Waals surface area (Å²) in [5, 5.41) is 2.84. The normalized spacial score (nSPS) is 18.0. The van der Waals surface area contributed by atoms with Crippen LogP contribution in [-0.4, -0.2) is 26.4 Å². The Balaban J connectivity index is 2.23. The second-order valence-electron chi connectivity index (χ2n) is 11.1. The molecule has 0 unspecified atom stereocenters. The topological polar surface area (TPSA) is 18.5 Å². The van der Waals surface area contributed by atoms with Crippen molar-refractivity contribution in [3.63, 3.8) is 0 Å². The fourth-order valence-corrected chi connectivity index (χ4v) is 10.7. The summed E-state index contributed by atoms with van der Waals surface area (Å²) in [4.78, 5) is 0. The van der Waals surface area contributed by atoms with Crippen LogP contribution in [0.4, 0.5) is 0 Å². The number of benzene rings is 2. The van der Waals surface area contributed by atoms with Crippen molar-refractivity contribution in [3.05, 3.63) is 40.9 Å². The standard InChI is InChI=1S/C27H38BClO2Si/c1-18(2)32(19(3)4,20(5)6)15-14-21-12-11-13-22-16-23(29)17-24(25(21)22)28-30-26(7,8)27(9,10)31-28/h11-13,16-20H,1-10H3. The van der Waals surface area contributed by atoms with Crippen LogP contribution in [-0.2, 0) is 9.31 Å². The average molecular weight is 469 g/mol. The van der Waals surface area contributed by atoms with Gasteiger partial charge in [-0.25, -0.2) is 0 Å². The largest absolute Gasteiger partial charge is 0.495 e. The minimum atomic E-state index is -1.85. The van der Waals surface area contributed by atoms with Gasteiger partial charge in [0.2, 0.25) is 0 Å². The Morgan fingerprint density at radius 3 is 1.91 bits per heavy atom. The van der Waals surface area contributed by atoms with E-state index in [9.17, 15) is 0 Å². The predicted molar refractivity (Wildman–Crippen MR) is 143 cm³/mol. The molecule has 32 heavy (non-hydrogen) atoms. The highest BCUT2D eigenvalue weighted by Crippen LogP contribution is 2.41. The van der Waals surface area contributed by atoms with Crippen LogP contribution >= 0.6 is 11.6 Å². The Hall–Kier alpha value is -1.25. The van der Waals surface area contributed by atoms with Crippen molar-refractivity contribution in [3.8, 4) is 11.5 Å². The van der Waals surface area contributed by atoms with Crippen LogP contribution < -0.4 is 5.46 Å². The molecule has 0 aromatic heterocycles. The van der Waals surface area contributed by atoms with Crippen LogP contribution in [0.1, 0.15) is 74.8 Å². The van der Waals surface area contributed by atoms with E-state index in [0.29, 0.717) is 21.6 Å². The Labute approximate surface area is 201 Å². The van der Waals surface area contributed by atoms with Crippen LogP contribution in [0.15, 0.2) is 30.3 Å². The third-order valence-corrected chi connectivity index (χ3v) is 14.3. The maximum Gasteiger partial charge on any atom is 0.495 e. The van der Waals surface area contributed by atoms with Crippen molar-refractivity contribution in [2.45, 2.75) is 97.1 Å². The molecule has 0 radical (unpaired) electrons. The van der Waals surface area contributed by atoms with Crippen LogP contribution in [0.5, 0.6) is 0 Å². The lowest BCUT2D eigenvalue weighted by Gasteiger charge is -2.38. The highest BCUT2D eigenvalue weighted by Gasteiger charge is 2.52. The number of fused-ring (bicyclic) bond motifs is 1. The predicted octanol–water partition coefficient (Wildman–Crippen LogP) is 7.36. The van der Waals surface area contributed by atoms with Gasteiger partial charge in [-0.1, -0.05) is 71.2 Å². The van der Waals surface area contributed by atoms with E-state index < -0.39 is 26.4 Å². The summed E-state index contributed by atoms with van der Waals surface area (Å²) in [7, 11) is -2.33. The molecule has 2 aromatic rings. The van der Waals surface area contributed by atoms with Crippen molar-refractivity contribution < 1.29 is 9.31 Å². The lowest BCUT2D eigenvalue weighted by molar-refractivity contribution is 0.00578. The van der Waals surface area contributed by atoms with E-state index in [0.717, 1.165) is 21.8 Å². The molecule has 5 heteroatoms. The Morgan fingerprint density at radius 2 is 1.41 bits per heavy atom. The van der Waals surface area contributed by atoms with Gasteiger partial charge < -0.3 is 9.31 Å². The lowest BCUT2D eigenvalue weighted by atomic mass is 9.75. The molecule has 2 nitrogen and oxygen atoms in total. The first-order valence-electron chi connectivity index (χ1n) is 11.8. The van der Waals surface area contributed by atoms with Gasteiger partial charge in [-0.05, 0) is 78.8 Å². The highest BCUT2D eigenvalue weighted by molar-refractivity contribution is 6.90. The van der Waals surface area contributed by atoms with Gasteiger partial charge in [0.1, 0.15) is 8.07 Å². The van der Waals surface area contributed by atoms with Gasteiger partial charge in [0, 0.05) is 10.6 Å². The van der Waals surface area contributed by atoms with Crippen molar-refractivity contribution in [1.82, 2.24) is 0 Å². The third kappa shape index (κ3) is 4.30. The van der Waals surface area contributed by atoms with Gasteiger partial charge in [-0.2, -0.15) is 0 Å². The van der Waals surface area contributed by atoms with Crippen molar-refractivity contribution in [2.75, 3.05) is 0 Å². The molecule has 0 bridgehead atoms. The molecule has 2 aromatic carbocycles. The molecule has 1 aliphatic heterocycles. The molecule has 0 spiro atoms. The number of rotatable bonds is 4. The van der Waals surface area contributed by atoms with Crippen molar-refractivity contribution >= 4 is 43.0 Å². The van der Waals surface area contributed by atoms with Gasteiger partial charge in [0.15, 0.2) is 0 Å². The summed E-state index contributed by atoms with van der Waals surface area (Å²) < 4.78 is 12.8. The van der Waals surface area contributed by atoms with Crippen LogP contribution in [0, 0.1) is 11.5 Å². The summed E-state index contributed by atoms with van der Waals surface area (Å²) in [6, 6.07) is 10.3. The molecular weight excluding hydrogens is 431 g/mol. The molecule has 0 aliphatic carbocycles. The molecule has 3 rings (SSSR count). The second-order valence-corrected chi connectivity index (χ2v) is 17.2. The Kier molecular flexibility index (Phi) is 7.01. The summed E-state index contributed by atoms with van der Waals surface area (Å²) in [5.74, 6) is 3.65. The van der Waals surface area contributed by atoms with Crippen LogP contribution in [0.25, 0.3) is 10.8 Å². The average Bonchev–Trinajstić information content (AvgIpc) is 2.87. The highest BCUT2D eigenvalue weighted by atomic mass is 35.5. The third-order valence-electron chi connectivity index (χ3n) is 7.76. The smallest absolute Gasteiger partial charge is 0.399 e. The van der Waals surface area contributed by atoms with Gasteiger partial charge >= 0.3 is 7.12 Å². The minimum Gasteiger partial charge on any atom is -0.399 e. The van der Waals surface area contributed by atoms with E-state index >= 15 is 0 Å². The minimum absolute atomic E-state index is 0.415. The fraction of sp³-hybridized carbons (Fsp3) is 0.556. The van der Waals surface area contributed by atoms with Crippen LogP contribution in [0.3, 0.4) is 0 Å². The summed E-state index contributed by atoms with van der Waals surface area (Å²) in [5.41, 5.74) is 6.80. The van der Waals surface area contributed by atoms with Gasteiger partial charge in [0.25, 0.3) is 0 Å². The van der Waals surface area contributed by atoms with E-state index in [2.05, 4.69) is 98.9 Å². The molecule has 1 fully saturated rings. The van der Waals surface area contributed by atoms with Crippen LogP contribution in [0.2, 0.25) is 21.6 Å². The van der Waals surface area contributed by atoms with E-state index in [1.807, 2.05) is 12.1 Å². The first kappa shape index (κ1) is 25.4. The zero-order valence-corrected chi connectivity index (χ0v) is 23.1. The van der Waals surface area contributed by atoms with Crippen molar-refractivity contribution in [1.29, 1.82) is 0 Å². The Bertz CT molecular complexity index is 1020. The van der Waals surface area contributed by atoms with E-state index in [4.69, 9.17) is 20.9 Å². The number of hydrogen-bond donors (Lipinski definition) is 0. The zero-order valence-electron chi connectivity index (χ0n) is 21.4. The molecule has 172 valence electrons. The van der Waals surface area contributed by atoms with Crippen molar-refractivity contribution in [2.24, 2.45) is 0 Å². The molecule has 1 heterocycles. The summed E-state index contributed by atoms with van der Waals surface area (Å²) in [6.07, 6.45) is 0. The lowest BCUT2D eigenvalue weighted by Crippen LogP contribution is -2.43. The first-order valence-corrected chi connectivity index (χ1v) is 14.4. The molecule has 1 aliphatic rings. The maximum absolute atomic E-state index is 6.53. The van der Waals surface area contributed by atoms with E-state index in [1.54, 1.807) is 0 Å². The molecule has 0 N–H and O–H groups in total. The Morgan fingerprint density at radius 1 is 0.875 bits per heavy atom. The van der Waals surface area contributed by atoms with E-state index in [-0.39, 0.29) is 0 Å². The maximum atomic E-state index is 6.53. The first-order chi connectivity index (χ1) is 14.7. The quantitative estimate of drug-likeness (QED) is 0.344. The SMILES string of the molecule is CC(C)[Si](C#Cc1cccc2cc(Cl)cc(B3OC(C)(C)C(C)(C)O3)c12)(C(C)C)C(C)C. The van der Waals surface area contributed by atoms with E-state index in [1.165, 1.54) is 0 Å². The molecule has 1 saturated heterocycles. The van der Waals surface area contributed by atoms with Gasteiger partial charge in [-0.15, -0.1) is 5.54 Å². The van der Waals surface area contributed by atoms with Gasteiger partial charge in [-0.3, -0.25) is 0 Å². The molecule has 0 atom stereocenters. The zero-order chi connectivity index (χ0) is 24.1. The molecule has 0 amide bonds. The fourth-order valence-electron chi connectivity index (χ4n) is 5.29.